The van der Waals surface area contributed by atoms with Crippen molar-refractivity contribution in [2.45, 2.75) is 6.92 Å². The number of nitrogens with one attached hydrogen (secondary N) is 1. The summed E-state index contributed by atoms with van der Waals surface area (Å²) in [6.07, 6.45) is 1.30. The first-order chi connectivity index (χ1) is 14.3. The quantitative estimate of drug-likeness (QED) is 0.446. The van der Waals surface area contributed by atoms with Crippen LogP contribution in [0.1, 0.15) is 11.3 Å². The minimum Gasteiger partial charge on any atom is -0.457 e. The summed E-state index contributed by atoms with van der Waals surface area (Å²) in [6.45, 7) is 1.92. The third kappa shape index (κ3) is 3.75. The number of carbonyl (C=O) groups is 3. The normalized spacial score (nSPS) is 15.6. The Bertz CT molecular complexity index is 1210. The van der Waals surface area contributed by atoms with E-state index in [4.69, 9.17) is 27.6 Å². The van der Waals surface area contributed by atoms with Crippen molar-refractivity contribution in [1.82, 2.24) is 5.32 Å². The van der Waals surface area contributed by atoms with E-state index in [0.29, 0.717) is 15.8 Å². The van der Waals surface area contributed by atoms with Crippen LogP contribution >= 0.6 is 23.2 Å². The molecule has 0 unspecified atom stereocenters. The van der Waals surface area contributed by atoms with Crippen molar-refractivity contribution < 1.29 is 18.8 Å². The number of carbonyl (C=O) groups excluding carboxylic acids is 3. The second-order valence-electron chi connectivity index (χ2n) is 6.60. The van der Waals surface area contributed by atoms with Crippen LogP contribution in [0.2, 0.25) is 10.0 Å². The van der Waals surface area contributed by atoms with Gasteiger partial charge in [-0.1, -0.05) is 29.3 Å². The lowest BCUT2D eigenvalue weighted by atomic mass is 10.1. The Labute approximate surface area is 181 Å². The molecule has 8 heteroatoms. The van der Waals surface area contributed by atoms with E-state index in [1.54, 1.807) is 36.4 Å². The first-order valence-corrected chi connectivity index (χ1v) is 9.62. The molecule has 2 heterocycles. The second kappa shape index (κ2) is 7.82. The molecule has 0 aliphatic carbocycles. The average molecular weight is 441 g/mol. The molecular formula is C22H14Cl2N2O4. The number of imide groups is 2. The number of hydrogen-bond acceptors (Lipinski definition) is 4. The Kier molecular flexibility index (Phi) is 5.20. The number of aryl methyl sites for hydroxylation is 1. The van der Waals surface area contributed by atoms with E-state index in [1.807, 2.05) is 13.0 Å². The van der Waals surface area contributed by atoms with Gasteiger partial charge in [-0.3, -0.25) is 14.9 Å². The summed E-state index contributed by atoms with van der Waals surface area (Å²) in [4.78, 5) is 38.3. The highest BCUT2D eigenvalue weighted by atomic mass is 35.5. The van der Waals surface area contributed by atoms with Gasteiger partial charge in [0.1, 0.15) is 17.1 Å². The van der Waals surface area contributed by atoms with Gasteiger partial charge in [-0.2, -0.15) is 0 Å². The zero-order valence-electron chi connectivity index (χ0n) is 15.6. The number of amides is 4. The van der Waals surface area contributed by atoms with Crippen molar-refractivity contribution in [2.24, 2.45) is 0 Å². The van der Waals surface area contributed by atoms with Crippen LogP contribution in [0.25, 0.3) is 17.4 Å². The monoisotopic (exact) mass is 440 g/mol. The van der Waals surface area contributed by atoms with Crippen LogP contribution in [-0.2, 0) is 9.59 Å². The van der Waals surface area contributed by atoms with Crippen molar-refractivity contribution >= 4 is 52.8 Å². The zero-order chi connectivity index (χ0) is 21.4. The van der Waals surface area contributed by atoms with Crippen molar-refractivity contribution in [3.05, 3.63) is 81.5 Å². The topological polar surface area (TPSA) is 79.6 Å². The molecule has 1 aromatic heterocycles. The molecule has 1 saturated heterocycles. The predicted molar refractivity (Wildman–Crippen MR) is 114 cm³/mol. The van der Waals surface area contributed by atoms with Gasteiger partial charge in [0.15, 0.2) is 0 Å². The fourth-order valence-electron chi connectivity index (χ4n) is 3.06. The number of urea groups is 1. The minimum absolute atomic E-state index is 0.228. The summed E-state index contributed by atoms with van der Waals surface area (Å²) in [6, 6.07) is 14.1. The van der Waals surface area contributed by atoms with Crippen molar-refractivity contribution in [1.29, 1.82) is 0 Å². The summed E-state index contributed by atoms with van der Waals surface area (Å²) in [7, 11) is 0. The van der Waals surface area contributed by atoms with Crippen LogP contribution in [0.15, 0.2) is 64.6 Å². The average Bonchev–Trinajstić information content (AvgIpc) is 3.17. The molecule has 0 atom stereocenters. The number of anilines is 1. The lowest BCUT2D eigenvalue weighted by Crippen LogP contribution is -2.54. The molecule has 30 heavy (non-hydrogen) atoms. The molecule has 6 nitrogen and oxygen atoms in total. The Balaban J connectivity index is 1.69. The van der Waals surface area contributed by atoms with Gasteiger partial charge < -0.3 is 4.42 Å². The Morgan fingerprint density at radius 2 is 1.63 bits per heavy atom. The Hall–Kier alpha value is -3.35. The molecule has 1 N–H and O–H groups in total. The predicted octanol–water partition coefficient (Wildman–Crippen LogP) is 5.23. The van der Waals surface area contributed by atoms with E-state index in [-0.39, 0.29) is 17.0 Å². The van der Waals surface area contributed by atoms with E-state index in [9.17, 15) is 14.4 Å². The number of hydrogen-bond donors (Lipinski definition) is 1. The molecule has 4 amide bonds. The summed E-state index contributed by atoms with van der Waals surface area (Å²) in [5.74, 6) is -0.737. The summed E-state index contributed by atoms with van der Waals surface area (Å²) in [5.41, 5.74) is 1.81. The first kappa shape index (κ1) is 19.9. The van der Waals surface area contributed by atoms with Gasteiger partial charge in [-0.15, -0.1) is 0 Å². The Morgan fingerprint density at radius 3 is 2.37 bits per heavy atom. The largest absolute Gasteiger partial charge is 0.457 e. The van der Waals surface area contributed by atoms with E-state index < -0.39 is 17.8 Å². The highest BCUT2D eigenvalue weighted by Crippen LogP contribution is 2.30. The standard InChI is InChI=1S/C22H14Cl2N2O4/c1-12-2-3-14(24)10-17(12)19-9-8-16(30-19)11-18-20(27)25-22(29)26(21(18)28)15-6-4-13(23)5-7-15/h2-11H,1H3,(H,25,27,29)/b18-11+. The summed E-state index contributed by atoms with van der Waals surface area (Å²) >= 11 is 11.9. The first-order valence-electron chi connectivity index (χ1n) is 8.87. The number of furan rings is 1. The van der Waals surface area contributed by atoms with E-state index in [2.05, 4.69) is 5.32 Å². The van der Waals surface area contributed by atoms with Gasteiger partial charge in [0.05, 0.1) is 5.69 Å². The maximum Gasteiger partial charge on any atom is 0.335 e. The van der Waals surface area contributed by atoms with Gasteiger partial charge in [0.2, 0.25) is 0 Å². The van der Waals surface area contributed by atoms with Crippen molar-refractivity contribution in [3.63, 3.8) is 0 Å². The number of benzene rings is 2. The minimum atomic E-state index is -0.834. The lowest BCUT2D eigenvalue weighted by molar-refractivity contribution is -0.122. The maximum atomic E-state index is 12.9. The highest BCUT2D eigenvalue weighted by molar-refractivity contribution is 6.39. The fraction of sp³-hybridized carbons (Fsp3) is 0.0455. The summed E-state index contributed by atoms with van der Waals surface area (Å²) in [5, 5.41) is 3.18. The smallest absolute Gasteiger partial charge is 0.335 e. The molecule has 2 aromatic carbocycles. The van der Waals surface area contributed by atoms with Crippen LogP contribution in [0, 0.1) is 6.92 Å². The lowest BCUT2D eigenvalue weighted by Gasteiger charge is -2.26. The molecule has 0 saturated carbocycles. The Morgan fingerprint density at radius 1 is 0.933 bits per heavy atom. The van der Waals surface area contributed by atoms with E-state index in [1.165, 1.54) is 18.2 Å². The van der Waals surface area contributed by atoms with E-state index in [0.717, 1.165) is 16.0 Å². The molecule has 0 radical (unpaired) electrons. The molecule has 4 rings (SSSR count). The van der Waals surface area contributed by atoms with Crippen molar-refractivity contribution in [2.75, 3.05) is 4.90 Å². The zero-order valence-corrected chi connectivity index (χ0v) is 17.1. The molecule has 0 spiro atoms. The van der Waals surface area contributed by atoms with Gasteiger partial charge >= 0.3 is 6.03 Å². The molecule has 0 bridgehead atoms. The van der Waals surface area contributed by atoms with Crippen LogP contribution in [0.4, 0.5) is 10.5 Å². The van der Waals surface area contributed by atoms with Gasteiger partial charge in [0, 0.05) is 15.6 Å². The molecular weight excluding hydrogens is 427 g/mol. The van der Waals surface area contributed by atoms with E-state index >= 15 is 0 Å². The number of nitrogens with zero attached hydrogens (tertiary/aromatic N) is 1. The molecule has 150 valence electrons. The van der Waals surface area contributed by atoms with Crippen LogP contribution in [0.3, 0.4) is 0 Å². The van der Waals surface area contributed by atoms with Gasteiger partial charge in [-0.25, -0.2) is 9.69 Å². The third-order valence-corrected chi connectivity index (χ3v) is 5.05. The maximum absolute atomic E-state index is 12.9. The highest BCUT2D eigenvalue weighted by Gasteiger charge is 2.37. The SMILES string of the molecule is Cc1ccc(Cl)cc1-c1ccc(/C=C2\C(=O)NC(=O)N(c3ccc(Cl)cc3)C2=O)o1. The number of halogens is 2. The van der Waals surface area contributed by atoms with Crippen LogP contribution < -0.4 is 10.2 Å². The molecule has 3 aromatic rings. The second-order valence-corrected chi connectivity index (χ2v) is 7.47. The third-order valence-electron chi connectivity index (χ3n) is 4.56. The van der Waals surface area contributed by atoms with Crippen LogP contribution in [-0.4, -0.2) is 17.8 Å². The molecule has 1 aliphatic heterocycles. The van der Waals surface area contributed by atoms with Crippen molar-refractivity contribution in [3.8, 4) is 11.3 Å². The van der Waals surface area contributed by atoms with Crippen LogP contribution in [0.5, 0.6) is 0 Å². The van der Waals surface area contributed by atoms with Gasteiger partial charge in [0.25, 0.3) is 11.8 Å². The molecule has 1 fully saturated rings. The summed E-state index contributed by atoms with van der Waals surface area (Å²) < 4.78 is 5.80. The number of rotatable bonds is 3. The fourth-order valence-corrected chi connectivity index (χ4v) is 3.36. The molecule has 1 aliphatic rings. The number of barbiturate groups is 1. The van der Waals surface area contributed by atoms with Gasteiger partial charge in [-0.05, 0) is 67.1 Å².